The molecule has 0 fully saturated rings. The fraction of sp³-hybridized carbons (Fsp3) is 0.333. The van der Waals surface area contributed by atoms with Crippen LogP contribution in [0.4, 0.5) is 8.78 Å². The van der Waals surface area contributed by atoms with Crippen LogP contribution in [0.25, 0.3) is 0 Å². The van der Waals surface area contributed by atoms with Gasteiger partial charge in [-0.15, -0.1) is 6.58 Å². The lowest BCUT2D eigenvalue weighted by molar-refractivity contribution is -0.0359. The molecule has 0 unspecified atom stereocenters. The Morgan fingerprint density at radius 3 is 2.39 bits per heavy atom. The molecule has 0 heterocycles. The number of halogens is 2. The fourth-order valence-corrected chi connectivity index (χ4v) is 2.14. The van der Waals surface area contributed by atoms with Crippen LogP contribution in [-0.2, 0) is 14.3 Å². The van der Waals surface area contributed by atoms with E-state index in [1.165, 1.54) is 12.1 Å². The van der Waals surface area contributed by atoms with Crippen molar-refractivity contribution in [3.8, 4) is 0 Å². The molecule has 0 aliphatic heterocycles. The summed E-state index contributed by atoms with van der Waals surface area (Å²) in [4.78, 5) is -0.137. The number of alkyl halides is 2. The Morgan fingerprint density at radius 1 is 1.33 bits per heavy atom. The molecule has 0 aliphatic rings. The van der Waals surface area contributed by atoms with Gasteiger partial charge in [0.2, 0.25) is 0 Å². The predicted octanol–water partition coefficient (Wildman–Crippen LogP) is 2.91. The van der Waals surface area contributed by atoms with Gasteiger partial charge >= 0.3 is 0 Å². The van der Waals surface area contributed by atoms with Crippen LogP contribution >= 0.6 is 0 Å². The summed E-state index contributed by atoms with van der Waals surface area (Å²) in [7, 11) is -4.14. The molecule has 0 radical (unpaired) electrons. The van der Waals surface area contributed by atoms with E-state index in [2.05, 4.69) is 10.8 Å². The summed E-state index contributed by atoms with van der Waals surface area (Å²) in [5, 5.41) is 0. The molecule has 0 N–H and O–H groups in total. The standard InChI is InChI=1S/C12H14F2O3S/c1-3-8-12(13,14)9-17-18(15,16)11-6-4-10(2)5-7-11/h3-7H,1,8-9H2,2H3. The Hall–Kier alpha value is -1.27. The highest BCUT2D eigenvalue weighted by Gasteiger charge is 2.30. The molecule has 0 saturated carbocycles. The molecule has 0 spiro atoms. The highest BCUT2D eigenvalue weighted by Crippen LogP contribution is 2.22. The number of benzene rings is 1. The summed E-state index contributed by atoms with van der Waals surface area (Å²) in [6.45, 7) is 3.78. The van der Waals surface area contributed by atoms with Gasteiger partial charge in [0.15, 0.2) is 0 Å². The number of aryl methyl sites for hydroxylation is 1. The van der Waals surface area contributed by atoms with Gasteiger partial charge in [-0.1, -0.05) is 23.8 Å². The van der Waals surface area contributed by atoms with Gasteiger partial charge in [0, 0.05) is 6.42 Å². The van der Waals surface area contributed by atoms with Crippen molar-refractivity contribution < 1.29 is 21.4 Å². The van der Waals surface area contributed by atoms with Crippen molar-refractivity contribution in [2.24, 2.45) is 0 Å². The summed E-state index contributed by atoms with van der Waals surface area (Å²) in [5.74, 6) is -3.24. The van der Waals surface area contributed by atoms with Gasteiger partial charge in [-0.2, -0.15) is 8.42 Å². The van der Waals surface area contributed by atoms with Gasteiger partial charge in [0.1, 0.15) is 6.61 Å². The summed E-state index contributed by atoms with van der Waals surface area (Å²) < 4.78 is 53.7. The lowest BCUT2D eigenvalue weighted by Gasteiger charge is -2.14. The average molecular weight is 276 g/mol. The van der Waals surface area contributed by atoms with E-state index < -0.39 is 29.1 Å². The monoisotopic (exact) mass is 276 g/mol. The molecular weight excluding hydrogens is 262 g/mol. The zero-order valence-corrected chi connectivity index (χ0v) is 10.7. The SMILES string of the molecule is C=CCC(F)(F)COS(=O)(=O)c1ccc(C)cc1. The number of hydrogen-bond donors (Lipinski definition) is 0. The van der Waals surface area contributed by atoms with Crippen LogP contribution in [0.2, 0.25) is 0 Å². The van der Waals surface area contributed by atoms with Crippen molar-refractivity contribution in [2.45, 2.75) is 24.2 Å². The first-order valence-corrected chi connectivity index (χ1v) is 6.62. The molecule has 1 rings (SSSR count). The molecule has 0 aromatic heterocycles. The lowest BCUT2D eigenvalue weighted by Crippen LogP contribution is -2.25. The number of allylic oxidation sites excluding steroid dienone is 1. The maximum Gasteiger partial charge on any atom is 0.297 e. The molecule has 0 amide bonds. The second-order valence-electron chi connectivity index (χ2n) is 3.88. The summed E-state index contributed by atoms with van der Waals surface area (Å²) in [6, 6.07) is 5.77. The van der Waals surface area contributed by atoms with E-state index in [-0.39, 0.29) is 4.90 Å². The topological polar surface area (TPSA) is 43.4 Å². The maximum atomic E-state index is 13.1. The average Bonchev–Trinajstić information content (AvgIpc) is 2.27. The van der Waals surface area contributed by atoms with Crippen LogP contribution in [0.15, 0.2) is 41.8 Å². The van der Waals surface area contributed by atoms with Crippen molar-refractivity contribution in [1.29, 1.82) is 0 Å². The molecule has 0 saturated heterocycles. The van der Waals surface area contributed by atoms with E-state index >= 15 is 0 Å². The molecular formula is C12H14F2O3S. The fourth-order valence-electron chi connectivity index (χ4n) is 1.21. The van der Waals surface area contributed by atoms with Crippen LogP contribution in [-0.4, -0.2) is 20.9 Å². The second kappa shape index (κ2) is 5.58. The Balaban J connectivity index is 2.77. The zero-order valence-electron chi connectivity index (χ0n) is 9.90. The highest BCUT2D eigenvalue weighted by molar-refractivity contribution is 7.86. The van der Waals surface area contributed by atoms with Crippen molar-refractivity contribution in [3.63, 3.8) is 0 Å². The van der Waals surface area contributed by atoms with E-state index in [0.29, 0.717) is 0 Å². The van der Waals surface area contributed by atoms with Crippen molar-refractivity contribution >= 4 is 10.1 Å². The van der Waals surface area contributed by atoms with E-state index in [4.69, 9.17) is 0 Å². The molecule has 3 nitrogen and oxygen atoms in total. The Kier molecular flexibility index (Phi) is 4.59. The van der Waals surface area contributed by atoms with Crippen molar-refractivity contribution in [3.05, 3.63) is 42.5 Å². The predicted molar refractivity (Wildman–Crippen MR) is 64.1 cm³/mol. The first kappa shape index (κ1) is 14.8. The molecule has 1 aromatic rings. The molecule has 0 atom stereocenters. The molecule has 100 valence electrons. The Bertz CT molecular complexity index is 507. The smallest absolute Gasteiger partial charge is 0.260 e. The molecule has 0 bridgehead atoms. The minimum Gasteiger partial charge on any atom is -0.260 e. The molecule has 18 heavy (non-hydrogen) atoms. The minimum atomic E-state index is -4.14. The van der Waals surface area contributed by atoms with E-state index in [1.807, 2.05) is 0 Å². The van der Waals surface area contributed by atoms with Gasteiger partial charge in [0.05, 0.1) is 4.90 Å². The molecule has 0 aliphatic carbocycles. The van der Waals surface area contributed by atoms with Crippen LogP contribution in [0.1, 0.15) is 12.0 Å². The number of rotatable bonds is 6. The van der Waals surface area contributed by atoms with Gasteiger partial charge in [0.25, 0.3) is 16.0 Å². The largest absolute Gasteiger partial charge is 0.297 e. The normalized spacial score (nSPS) is 12.4. The zero-order chi connectivity index (χ0) is 13.8. The van der Waals surface area contributed by atoms with Crippen molar-refractivity contribution in [1.82, 2.24) is 0 Å². The third kappa shape index (κ3) is 4.19. The van der Waals surface area contributed by atoms with E-state index in [0.717, 1.165) is 11.6 Å². The second-order valence-corrected chi connectivity index (χ2v) is 5.49. The number of hydrogen-bond acceptors (Lipinski definition) is 3. The van der Waals surface area contributed by atoms with Gasteiger partial charge < -0.3 is 0 Å². The van der Waals surface area contributed by atoms with Crippen LogP contribution in [0.5, 0.6) is 0 Å². The van der Waals surface area contributed by atoms with E-state index in [9.17, 15) is 17.2 Å². The molecule has 6 heteroatoms. The van der Waals surface area contributed by atoms with Gasteiger partial charge in [-0.05, 0) is 19.1 Å². The van der Waals surface area contributed by atoms with Crippen molar-refractivity contribution in [2.75, 3.05) is 6.61 Å². The first-order valence-electron chi connectivity index (χ1n) is 5.22. The Morgan fingerprint density at radius 2 is 1.89 bits per heavy atom. The Labute approximate surface area is 105 Å². The molecule has 1 aromatic carbocycles. The summed E-state index contributed by atoms with van der Waals surface area (Å²) >= 11 is 0. The van der Waals surface area contributed by atoms with Crippen LogP contribution in [0, 0.1) is 6.92 Å². The van der Waals surface area contributed by atoms with E-state index in [1.54, 1.807) is 19.1 Å². The van der Waals surface area contributed by atoms with Gasteiger partial charge in [-0.25, -0.2) is 8.78 Å². The summed E-state index contributed by atoms with van der Waals surface area (Å²) in [5.41, 5.74) is 0.867. The first-order chi connectivity index (χ1) is 8.27. The van der Waals surface area contributed by atoms with Gasteiger partial charge in [-0.3, -0.25) is 4.18 Å². The summed E-state index contributed by atoms with van der Waals surface area (Å²) in [6.07, 6.45) is 0.387. The maximum absolute atomic E-state index is 13.1. The van der Waals surface area contributed by atoms with Crippen LogP contribution in [0.3, 0.4) is 0 Å². The highest BCUT2D eigenvalue weighted by atomic mass is 32.2. The third-order valence-corrected chi connectivity index (χ3v) is 3.46. The lowest BCUT2D eigenvalue weighted by atomic mass is 10.2. The third-order valence-electron chi connectivity index (χ3n) is 2.18. The van der Waals surface area contributed by atoms with Crippen LogP contribution < -0.4 is 0 Å². The quantitative estimate of drug-likeness (QED) is 0.592. The minimum absolute atomic E-state index is 0.137.